The summed E-state index contributed by atoms with van der Waals surface area (Å²) in [6.07, 6.45) is 12.3. The van der Waals surface area contributed by atoms with Gasteiger partial charge in [-0.25, -0.2) is 4.79 Å². The zero-order valence-corrected chi connectivity index (χ0v) is 51.9. The number of nitrogens with one attached hydrogen (secondary N) is 2. The van der Waals surface area contributed by atoms with Crippen molar-refractivity contribution in [3.8, 4) is 0 Å². The summed E-state index contributed by atoms with van der Waals surface area (Å²) >= 11 is 0. The van der Waals surface area contributed by atoms with Crippen molar-refractivity contribution in [1.82, 2.24) is 10.6 Å². The van der Waals surface area contributed by atoms with Gasteiger partial charge in [-0.1, -0.05) is 179 Å². The summed E-state index contributed by atoms with van der Waals surface area (Å²) in [6.45, 7) is 2.10. The normalized spacial score (nSPS) is 29.5. The lowest BCUT2D eigenvalue weighted by Gasteiger charge is -2.50. The van der Waals surface area contributed by atoms with Crippen molar-refractivity contribution in [3.63, 3.8) is 0 Å². The van der Waals surface area contributed by atoms with E-state index in [0.29, 0.717) is 12.8 Å². The lowest BCUT2D eigenvalue weighted by molar-refractivity contribution is -0.386. The van der Waals surface area contributed by atoms with Crippen LogP contribution in [0, 0.1) is 0 Å². The van der Waals surface area contributed by atoms with Gasteiger partial charge in [0.2, 0.25) is 11.8 Å². The number of carbonyl (C=O) groups is 3. The Balaban J connectivity index is 1.63. The highest BCUT2D eigenvalue weighted by Gasteiger charge is 2.60. The zero-order chi connectivity index (χ0) is 63.3. The molecule has 14 N–H and O–H groups in total. The van der Waals surface area contributed by atoms with E-state index in [-0.39, 0.29) is 12.3 Å². The number of amides is 2. The predicted molar refractivity (Wildman–Crippen MR) is 320 cm³/mol. The van der Waals surface area contributed by atoms with Crippen LogP contribution in [0.1, 0.15) is 220 Å². The first kappa shape index (κ1) is 77.5. The summed E-state index contributed by atoms with van der Waals surface area (Å²) in [6, 6.07) is -2.62. The van der Waals surface area contributed by atoms with Crippen LogP contribution < -0.4 is 10.6 Å². The third-order valence-corrected chi connectivity index (χ3v) is 16.6. The van der Waals surface area contributed by atoms with Gasteiger partial charge in [0.15, 0.2) is 12.6 Å². The minimum Gasteiger partial charge on any atom is -0.477 e. The maximum Gasteiger partial charge on any atom is 0.364 e. The van der Waals surface area contributed by atoms with Crippen LogP contribution in [0.4, 0.5) is 0 Å². The second kappa shape index (κ2) is 44.6. The molecule has 0 aromatic heterocycles. The highest BCUT2D eigenvalue weighted by molar-refractivity contribution is 5.77. The molecule has 18 atom stereocenters. The van der Waals surface area contributed by atoms with Crippen LogP contribution in [0.5, 0.6) is 0 Å². The molecule has 23 heteroatoms. The number of rotatable bonds is 48. The molecule has 502 valence electrons. The number of aliphatic hydroxyl groups excluding tert-OH is 11. The van der Waals surface area contributed by atoms with E-state index < -0.39 is 155 Å². The van der Waals surface area contributed by atoms with Gasteiger partial charge in [0.25, 0.3) is 5.79 Å². The van der Waals surface area contributed by atoms with Crippen LogP contribution in [0.2, 0.25) is 0 Å². The third-order valence-electron chi connectivity index (χ3n) is 16.6. The van der Waals surface area contributed by atoms with E-state index in [2.05, 4.69) is 36.6 Å². The Bertz CT molecular complexity index is 1850. The van der Waals surface area contributed by atoms with Crippen LogP contribution in [0.3, 0.4) is 0 Å². The topological polar surface area (TPSA) is 373 Å². The number of hydrogen-bond acceptors (Lipinski definition) is 20. The lowest BCUT2D eigenvalue weighted by atomic mass is 9.88. The summed E-state index contributed by atoms with van der Waals surface area (Å²) in [7, 11) is 0. The van der Waals surface area contributed by atoms with Crippen LogP contribution >= 0.6 is 0 Å². The molecular weight excluding hydrogens is 1120 g/mol. The monoisotopic (exact) mass is 1230 g/mol. The number of unbranched alkanes of at least 4 members (excludes halogenated alkanes) is 26. The van der Waals surface area contributed by atoms with Crippen LogP contribution in [-0.2, 0) is 42.8 Å². The number of aliphatic carboxylic acids is 1. The molecule has 18 unspecified atom stereocenters. The average Bonchev–Trinajstić information content (AvgIpc) is 2.74. The van der Waals surface area contributed by atoms with Crippen molar-refractivity contribution in [3.05, 3.63) is 24.3 Å². The van der Waals surface area contributed by atoms with Crippen LogP contribution in [0.15, 0.2) is 24.3 Å². The molecule has 3 saturated heterocycles. The first-order chi connectivity index (χ1) is 41.4. The molecule has 3 aliphatic rings. The van der Waals surface area contributed by atoms with E-state index >= 15 is 0 Å². The summed E-state index contributed by atoms with van der Waals surface area (Å²) < 4.78 is 34.7. The molecule has 3 rings (SSSR count). The van der Waals surface area contributed by atoms with E-state index in [1.165, 1.54) is 103 Å². The molecule has 0 spiro atoms. The highest BCUT2D eigenvalue weighted by atomic mass is 16.8. The molecule has 0 aliphatic carbocycles. The number of carboxylic acids is 1. The number of allylic oxidation sites excluding steroid dienone is 3. The maximum absolute atomic E-state index is 13.4. The first-order valence-corrected chi connectivity index (χ1v) is 32.7. The van der Waals surface area contributed by atoms with Gasteiger partial charge in [-0.2, -0.15) is 0 Å². The highest BCUT2D eigenvalue weighted by Crippen LogP contribution is 2.38. The van der Waals surface area contributed by atoms with Crippen LogP contribution in [-0.4, -0.2) is 215 Å². The molecule has 86 heavy (non-hydrogen) atoms. The Labute approximate surface area is 511 Å². The Morgan fingerprint density at radius 2 is 1.09 bits per heavy atom. The third kappa shape index (κ3) is 27.8. The molecular formula is C63H114N2O21. The van der Waals surface area contributed by atoms with Crippen molar-refractivity contribution < 1.29 is 104 Å². The molecule has 2 amide bonds. The standard InChI is InChI=1S/C63H114N2O21/c1-4-6-8-10-12-14-16-18-19-20-21-22-23-25-27-29-31-33-35-37-50(73)65-44(45(70)36-34-32-30-28-26-24-17-15-13-11-9-7-5-2)42-81-60-55(77)54(76)57(49(41-68)83-60)84-61-56(78)59(53(75)48(40-67)82-61)86-63(62(79)80)38-46(71)51(64-43(3)69)58(85-63)52(74)47(72)39-66/h20-21,34,36,44-49,51-61,66-68,70-72,74-78H,4-19,22-33,35,37-42H2,1-3H3,(H,64,69)(H,65,73)(H,79,80)/b21-20-,36-34+. The lowest BCUT2D eigenvalue weighted by Crippen LogP contribution is -2.70. The fourth-order valence-electron chi connectivity index (χ4n) is 11.3. The molecule has 0 radical (unpaired) electrons. The second-order valence-electron chi connectivity index (χ2n) is 24.0. The summed E-state index contributed by atoms with van der Waals surface area (Å²) in [5.74, 6) is -6.15. The van der Waals surface area contributed by atoms with Crippen molar-refractivity contribution in [2.45, 2.75) is 330 Å². The first-order valence-electron chi connectivity index (χ1n) is 32.7. The Morgan fingerprint density at radius 1 is 0.605 bits per heavy atom. The van der Waals surface area contributed by atoms with Crippen molar-refractivity contribution in [2.24, 2.45) is 0 Å². The largest absolute Gasteiger partial charge is 0.477 e. The Morgan fingerprint density at radius 3 is 1.58 bits per heavy atom. The number of carboxylic acid groups (broad SMARTS) is 1. The molecule has 0 aromatic rings. The van der Waals surface area contributed by atoms with Crippen molar-refractivity contribution >= 4 is 17.8 Å². The van der Waals surface area contributed by atoms with E-state index in [4.69, 9.17) is 28.4 Å². The fraction of sp³-hybridized carbons (Fsp3) is 0.889. The van der Waals surface area contributed by atoms with Crippen LogP contribution in [0.25, 0.3) is 0 Å². The Hall–Kier alpha value is -2.79. The number of aliphatic hydroxyl groups is 11. The van der Waals surface area contributed by atoms with Gasteiger partial charge in [0, 0.05) is 19.8 Å². The average molecular weight is 1240 g/mol. The second-order valence-corrected chi connectivity index (χ2v) is 24.0. The minimum absolute atomic E-state index is 0.196. The molecule has 3 heterocycles. The van der Waals surface area contributed by atoms with E-state index in [1.807, 2.05) is 6.08 Å². The number of hydrogen-bond donors (Lipinski definition) is 14. The summed E-state index contributed by atoms with van der Waals surface area (Å²) in [5.41, 5.74) is 0. The van der Waals surface area contributed by atoms with Gasteiger partial charge >= 0.3 is 5.97 Å². The van der Waals surface area contributed by atoms with Gasteiger partial charge in [0.05, 0.1) is 50.7 Å². The summed E-state index contributed by atoms with van der Waals surface area (Å²) in [5, 5.41) is 136. The SMILES string of the molecule is CCCCCCCCCC/C=C\CCCCCCCCCC(=O)NC(COC1OC(CO)C(OC2OC(CO)C(O)C(OC3(C(=O)O)CC(O)C(NC(C)=O)C(C(O)C(O)CO)O3)C2O)C(O)C1O)C(O)/C=C/CCCCCCCCCCCCC. The van der Waals surface area contributed by atoms with Gasteiger partial charge in [-0.15, -0.1) is 0 Å². The number of ether oxygens (including phenoxy) is 6. The predicted octanol–water partition coefficient (Wildman–Crippen LogP) is 4.50. The molecule has 0 bridgehead atoms. The van der Waals surface area contributed by atoms with E-state index in [1.54, 1.807) is 6.08 Å². The maximum atomic E-state index is 13.4. The summed E-state index contributed by atoms with van der Waals surface area (Å²) in [4.78, 5) is 38.4. The molecule has 23 nitrogen and oxygen atoms in total. The van der Waals surface area contributed by atoms with Gasteiger partial charge in [-0.3, -0.25) is 9.59 Å². The molecule has 3 fully saturated rings. The quantitative estimate of drug-likeness (QED) is 0.0294. The molecule has 0 aromatic carbocycles. The van der Waals surface area contributed by atoms with E-state index in [9.17, 15) is 75.7 Å². The van der Waals surface area contributed by atoms with Crippen molar-refractivity contribution in [1.29, 1.82) is 0 Å². The van der Waals surface area contributed by atoms with E-state index in [0.717, 1.165) is 77.6 Å². The molecule has 0 saturated carbocycles. The fourth-order valence-corrected chi connectivity index (χ4v) is 11.3. The smallest absolute Gasteiger partial charge is 0.364 e. The zero-order valence-electron chi connectivity index (χ0n) is 51.9. The van der Waals surface area contributed by atoms with Gasteiger partial charge in [0.1, 0.15) is 67.1 Å². The molecule has 3 aliphatic heterocycles. The van der Waals surface area contributed by atoms with Gasteiger partial charge in [-0.05, 0) is 44.9 Å². The minimum atomic E-state index is -3.08. The van der Waals surface area contributed by atoms with Gasteiger partial charge < -0.3 is 100 Å². The Kier molecular flexibility index (Phi) is 40.2. The van der Waals surface area contributed by atoms with Crippen molar-refractivity contribution in [2.75, 3.05) is 26.4 Å². The number of carbonyl (C=O) groups excluding carboxylic acids is 2.